The molecule has 0 unspecified atom stereocenters. The number of rotatable bonds is 4. The molecule has 0 saturated heterocycles. The van der Waals surface area contributed by atoms with Crippen molar-refractivity contribution in [1.29, 1.82) is 0 Å². The van der Waals surface area contributed by atoms with Crippen LogP contribution < -0.4 is 5.32 Å². The van der Waals surface area contributed by atoms with E-state index in [9.17, 15) is 4.79 Å². The summed E-state index contributed by atoms with van der Waals surface area (Å²) < 4.78 is 3.12. The molecule has 1 aliphatic rings. The molecule has 0 radical (unpaired) electrons. The van der Waals surface area contributed by atoms with Crippen molar-refractivity contribution in [3.63, 3.8) is 0 Å². The van der Waals surface area contributed by atoms with E-state index in [4.69, 9.17) is 0 Å². The highest BCUT2D eigenvalue weighted by Gasteiger charge is 2.24. The van der Waals surface area contributed by atoms with E-state index in [0.29, 0.717) is 5.25 Å². The number of hydrogen-bond acceptors (Lipinski definition) is 5. The van der Waals surface area contributed by atoms with Gasteiger partial charge in [0, 0.05) is 36.3 Å². The van der Waals surface area contributed by atoms with Crippen LogP contribution in [0.4, 0.5) is 0 Å². The third-order valence-corrected chi connectivity index (χ3v) is 6.85. The number of carbonyl (C=O) groups excluding carboxylic acids is 1. The second-order valence-corrected chi connectivity index (χ2v) is 8.57. The SMILES string of the molecule is Cn1ccnc1SC1CCC(NC(=O)c2ccc3ncsc3c2)CC1. The van der Waals surface area contributed by atoms with Gasteiger partial charge in [0.25, 0.3) is 5.91 Å². The first kappa shape index (κ1) is 16.6. The number of thiazole rings is 1. The van der Waals surface area contributed by atoms with Crippen molar-refractivity contribution < 1.29 is 4.79 Å². The van der Waals surface area contributed by atoms with Crippen LogP contribution >= 0.6 is 23.1 Å². The number of thioether (sulfide) groups is 1. The van der Waals surface area contributed by atoms with Gasteiger partial charge in [0.15, 0.2) is 5.16 Å². The summed E-state index contributed by atoms with van der Waals surface area (Å²) in [6.07, 6.45) is 8.09. The summed E-state index contributed by atoms with van der Waals surface area (Å²) >= 11 is 3.42. The van der Waals surface area contributed by atoms with E-state index in [1.807, 2.05) is 54.9 Å². The molecule has 0 spiro atoms. The molecule has 130 valence electrons. The Bertz CT molecular complexity index is 880. The zero-order chi connectivity index (χ0) is 17.2. The number of nitrogens with zero attached hydrogens (tertiary/aromatic N) is 3. The Morgan fingerprint density at radius 1 is 1.28 bits per heavy atom. The molecule has 1 aliphatic carbocycles. The molecule has 0 bridgehead atoms. The lowest BCUT2D eigenvalue weighted by Crippen LogP contribution is -2.38. The van der Waals surface area contributed by atoms with Crippen LogP contribution in [0.15, 0.2) is 41.3 Å². The third-order valence-electron chi connectivity index (χ3n) is 4.65. The monoisotopic (exact) mass is 372 g/mol. The molecule has 7 heteroatoms. The van der Waals surface area contributed by atoms with Gasteiger partial charge in [-0.25, -0.2) is 9.97 Å². The van der Waals surface area contributed by atoms with Crippen molar-refractivity contribution in [2.45, 2.75) is 42.1 Å². The van der Waals surface area contributed by atoms with Gasteiger partial charge in [-0.15, -0.1) is 11.3 Å². The average molecular weight is 373 g/mol. The van der Waals surface area contributed by atoms with Gasteiger partial charge < -0.3 is 9.88 Å². The summed E-state index contributed by atoms with van der Waals surface area (Å²) in [7, 11) is 2.03. The summed E-state index contributed by atoms with van der Waals surface area (Å²) in [5, 5.41) is 4.86. The van der Waals surface area contributed by atoms with Crippen LogP contribution in [0.1, 0.15) is 36.0 Å². The van der Waals surface area contributed by atoms with Crippen molar-refractivity contribution in [3.8, 4) is 0 Å². The molecule has 1 aromatic carbocycles. The minimum atomic E-state index is 0.0236. The van der Waals surface area contributed by atoms with E-state index >= 15 is 0 Å². The number of carbonyl (C=O) groups is 1. The minimum absolute atomic E-state index is 0.0236. The molecule has 5 nitrogen and oxygen atoms in total. The van der Waals surface area contributed by atoms with Crippen LogP contribution in [0.2, 0.25) is 0 Å². The van der Waals surface area contributed by atoms with Crippen LogP contribution in [0, 0.1) is 0 Å². The van der Waals surface area contributed by atoms with E-state index in [1.54, 1.807) is 11.3 Å². The number of hydrogen-bond donors (Lipinski definition) is 1. The fraction of sp³-hybridized carbons (Fsp3) is 0.389. The molecule has 3 aromatic rings. The van der Waals surface area contributed by atoms with Crippen LogP contribution in [-0.4, -0.2) is 31.7 Å². The summed E-state index contributed by atoms with van der Waals surface area (Å²) in [4.78, 5) is 21.2. The maximum absolute atomic E-state index is 12.5. The number of fused-ring (bicyclic) bond motifs is 1. The quantitative estimate of drug-likeness (QED) is 0.755. The average Bonchev–Trinajstić information content (AvgIpc) is 3.25. The highest BCUT2D eigenvalue weighted by Crippen LogP contribution is 2.32. The number of amides is 1. The zero-order valence-corrected chi connectivity index (χ0v) is 15.6. The van der Waals surface area contributed by atoms with Gasteiger partial charge in [-0.05, 0) is 43.9 Å². The fourth-order valence-electron chi connectivity index (χ4n) is 3.20. The van der Waals surface area contributed by atoms with Crippen molar-refractivity contribution in [2.75, 3.05) is 0 Å². The normalized spacial score (nSPS) is 20.7. The molecule has 2 aromatic heterocycles. The Hall–Kier alpha value is -1.86. The van der Waals surface area contributed by atoms with Gasteiger partial charge in [0.2, 0.25) is 0 Å². The van der Waals surface area contributed by atoms with Crippen LogP contribution in [0.3, 0.4) is 0 Å². The summed E-state index contributed by atoms with van der Waals surface area (Å²) in [6, 6.07) is 5.98. The van der Waals surface area contributed by atoms with E-state index < -0.39 is 0 Å². The lowest BCUT2D eigenvalue weighted by molar-refractivity contribution is 0.0928. The molecule has 1 amide bonds. The molecule has 0 atom stereocenters. The highest BCUT2D eigenvalue weighted by atomic mass is 32.2. The summed E-state index contributed by atoms with van der Waals surface area (Å²) in [5.41, 5.74) is 3.49. The molecule has 4 rings (SSSR count). The van der Waals surface area contributed by atoms with Crippen molar-refractivity contribution in [1.82, 2.24) is 19.9 Å². The van der Waals surface area contributed by atoms with E-state index in [-0.39, 0.29) is 11.9 Å². The predicted octanol–water partition coefficient (Wildman–Crippen LogP) is 3.86. The first-order valence-corrected chi connectivity index (χ1v) is 10.2. The van der Waals surface area contributed by atoms with Gasteiger partial charge in [0.1, 0.15) is 0 Å². The Kier molecular flexibility index (Phi) is 4.76. The molecule has 2 heterocycles. The topological polar surface area (TPSA) is 59.8 Å². The maximum Gasteiger partial charge on any atom is 0.251 e. The Labute approximate surface area is 154 Å². The van der Waals surface area contributed by atoms with Gasteiger partial charge >= 0.3 is 0 Å². The number of aromatic nitrogens is 3. The number of imidazole rings is 1. The molecule has 1 saturated carbocycles. The van der Waals surface area contributed by atoms with Gasteiger partial charge in [-0.2, -0.15) is 0 Å². The first-order valence-electron chi connectivity index (χ1n) is 8.47. The van der Waals surface area contributed by atoms with E-state index in [2.05, 4.69) is 19.9 Å². The standard InChI is InChI=1S/C18H20N4OS2/c1-22-9-8-19-18(22)25-14-5-3-13(4-6-14)21-17(23)12-2-7-15-16(10-12)24-11-20-15/h2,7-11,13-14H,3-6H2,1H3,(H,21,23). The van der Waals surface area contributed by atoms with Crippen LogP contribution in [0.5, 0.6) is 0 Å². The molecular weight excluding hydrogens is 352 g/mol. The second-order valence-electron chi connectivity index (χ2n) is 6.42. The molecule has 1 N–H and O–H groups in total. The molecule has 25 heavy (non-hydrogen) atoms. The zero-order valence-electron chi connectivity index (χ0n) is 14.0. The van der Waals surface area contributed by atoms with Crippen molar-refractivity contribution in [2.24, 2.45) is 7.05 Å². The van der Waals surface area contributed by atoms with Crippen LogP contribution in [-0.2, 0) is 7.05 Å². The predicted molar refractivity (Wildman–Crippen MR) is 102 cm³/mol. The summed E-state index contributed by atoms with van der Waals surface area (Å²) in [6.45, 7) is 0. The summed E-state index contributed by atoms with van der Waals surface area (Å²) in [5.74, 6) is 0.0236. The minimum Gasteiger partial charge on any atom is -0.349 e. The van der Waals surface area contributed by atoms with Gasteiger partial charge in [-0.3, -0.25) is 4.79 Å². The molecular formula is C18H20N4OS2. The Morgan fingerprint density at radius 2 is 2.12 bits per heavy atom. The number of nitrogens with one attached hydrogen (secondary N) is 1. The van der Waals surface area contributed by atoms with Crippen LogP contribution in [0.25, 0.3) is 10.2 Å². The largest absolute Gasteiger partial charge is 0.349 e. The van der Waals surface area contributed by atoms with E-state index in [0.717, 1.165) is 46.6 Å². The van der Waals surface area contributed by atoms with E-state index in [1.165, 1.54) is 0 Å². The van der Waals surface area contributed by atoms with Crippen molar-refractivity contribution in [3.05, 3.63) is 41.7 Å². The lowest BCUT2D eigenvalue weighted by atomic mass is 9.94. The van der Waals surface area contributed by atoms with Crippen molar-refractivity contribution >= 4 is 39.2 Å². The van der Waals surface area contributed by atoms with Gasteiger partial charge in [-0.1, -0.05) is 11.8 Å². The fourth-order valence-corrected chi connectivity index (χ4v) is 5.08. The first-order chi connectivity index (χ1) is 12.2. The molecule has 1 fully saturated rings. The number of aryl methyl sites for hydroxylation is 1. The lowest BCUT2D eigenvalue weighted by Gasteiger charge is -2.28. The number of benzene rings is 1. The molecule has 0 aliphatic heterocycles. The van der Waals surface area contributed by atoms with Gasteiger partial charge in [0.05, 0.1) is 15.7 Å². The highest BCUT2D eigenvalue weighted by molar-refractivity contribution is 7.99. The Balaban J connectivity index is 1.32. The third kappa shape index (κ3) is 3.72. The second kappa shape index (κ2) is 7.17. The maximum atomic E-state index is 12.5. The smallest absolute Gasteiger partial charge is 0.251 e. The Morgan fingerprint density at radius 3 is 2.88 bits per heavy atom.